The van der Waals surface area contributed by atoms with Gasteiger partial charge in [-0.3, -0.25) is 4.90 Å². The van der Waals surface area contributed by atoms with Crippen LogP contribution in [0.5, 0.6) is 5.75 Å². The minimum atomic E-state index is -0.313. The molecule has 2 aromatic carbocycles. The first-order chi connectivity index (χ1) is 15.9. The van der Waals surface area contributed by atoms with E-state index in [1.165, 1.54) is 5.56 Å². The van der Waals surface area contributed by atoms with Crippen LogP contribution in [0.25, 0.3) is 11.1 Å². The van der Waals surface area contributed by atoms with E-state index in [2.05, 4.69) is 42.3 Å². The maximum atomic E-state index is 12.9. The number of benzene rings is 2. The first-order valence-corrected chi connectivity index (χ1v) is 11.8. The molecule has 172 valence electrons. The second kappa shape index (κ2) is 8.39. The van der Waals surface area contributed by atoms with E-state index in [0.717, 1.165) is 61.3 Å². The average molecular weight is 446 g/mol. The van der Waals surface area contributed by atoms with E-state index in [-0.39, 0.29) is 23.7 Å². The highest BCUT2D eigenvalue weighted by molar-refractivity contribution is 5.74. The monoisotopic (exact) mass is 445 g/mol. The van der Waals surface area contributed by atoms with Crippen molar-refractivity contribution in [1.29, 1.82) is 5.26 Å². The van der Waals surface area contributed by atoms with Gasteiger partial charge in [0.1, 0.15) is 11.9 Å². The molecule has 1 N–H and O–H groups in total. The highest BCUT2D eigenvalue weighted by Gasteiger charge is 2.42. The van der Waals surface area contributed by atoms with Crippen molar-refractivity contribution >= 4 is 6.09 Å². The van der Waals surface area contributed by atoms with Crippen LogP contribution < -0.4 is 10.1 Å². The van der Waals surface area contributed by atoms with Crippen molar-refractivity contribution in [3.05, 3.63) is 53.1 Å². The number of alkyl carbamates (subject to hydrolysis) is 1. The number of carbonyl (C=O) groups is 1. The van der Waals surface area contributed by atoms with Gasteiger partial charge in [-0.2, -0.15) is 5.26 Å². The van der Waals surface area contributed by atoms with Crippen LogP contribution in [0.4, 0.5) is 4.79 Å². The van der Waals surface area contributed by atoms with E-state index in [4.69, 9.17) is 9.47 Å². The summed E-state index contributed by atoms with van der Waals surface area (Å²) in [5, 5.41) is 12.5. The van der Waals surface area contributed by atoms with Crippen molar-refractivity contribution in [3.8, 4) is 22.9 Å². The molecular weight excluding hydrogens is 414 g/mol. The zero-order valence-corrected chi connectivity index (χ0v) is 19.6. The molecule has 0 spiro atoms. The predicted octanol–water partition coefficient (Wildman–Crippen LogP) is 4.68. The number of nitrogens with one attached hydrogen (secondary N) is 1. The Labute approximate surface area is 195 Å². The molecule has 1 aliphatic carbocycles. The molecule has 6 rings (SSSR count). The molecule has 3 saturated heterocycles. The number of fused-ring (bicyclic) bond motifs is 4. The zero-order chi connectivity index (χ0) is 23.2. The Morgan fingerprint density at radius 2 is 1.97 bits per heavy atom. The third-order valence-corrected chi connectivity index (χ3v) is 7.64. The van der Waals surface area contributed by atoms with Gasteiger partial charge in [0.25, 0.3) is 0 Å². The molecule has 0 radical (unpaired) electrons. The van der Waals surface area contributed by atoms with Gasteiger partial charge in [0.05, 0.1) is 24.8 Å². The second-order valence-corrected chi connectivity index (χ2v) is 10.3. The number of carbonyl (C=O) groups excluding carboxylic acids is 1. The van der Waals surface area contributed by atoms with Crippen LogP contribution in [-0.2, 0) is 11.2 Å². The summed E-state index contributed by atoms with van der Waals surface area (Å²) in [5.41, 5.74) is 4.71. The van der Waals surface area contributed by atoms with E-state index in [1.807, 2.05) is 18.2 Å². The first kappa shape index (κ1) is 21.8. The summed E-state index contributed by atoms with van der Waals surface area (Å²) < 4.78 is 11.4. The molecule has 6 heteroatoms. The average Bonchev–Trinajstić information content (AvgIpc) is 3.07. The summed E-state index contributed by atoms with van der Waals surface area (Å²) in [6, 6.07) is 13.9. The van der Waals surface area contributed by atoms with E-state index in [1.54, 1.807) is 13.2 Å². The number of methoxy groups -OCH3 is 1. The second-order valence-electron chi connectivity index (χ2n) is 10.3. The Balaban J connectivity index is 1.37. The Bertz CT molecular complexity index is 1110. The molecular formula is C27H31N3O3. The Kier molecular flexibility index (Phi) is 5.54. The minimum absolute atomic E-state index is 0.00117. The van der Waals surface area contributed by atoms with Gasteiger partial charge < -0.3 is 14.8 Å². The number of nitriles is 1. The summed E-state index contributed by atoms with van der Waals surface area (Å²) >= 11 is 0. The van der Waals surface area contributed by atoms with E-state index in [0.29, 0.717) is 11.5 Å². The van der Waals surface area contributed by atoms with Gasteiger partial charge in [0.15, 0.2) is 0 Å². The fourth-order valence-corrected chi connectivity index (χ4v) is 5.83. The molecule has 1 amide bonds. The lowest BCUT2D eigenvalue weighted by Gasteiger charge is -2.44. The number of nitrogens with zero attached hydrogens (tertiary/aromatic N) is 2. The highest BCUT2D eigenvalue weighted by atomic mass is 16.6. The Hall–Kier alpha value is -3.04. The van der Waals surface area contributed by atoms with Gasteiger partial charge in [-0.05, 0) is 78.6 Å². The molecule has 33 heavy (non-hydrogen) atoms. The molecule has 1 unspecified atom stereocenters. The third-order valence-electron chi connectivity index (χ3n) is 7.64. The maximum Gasteiger partial charge on any atom is 0.407 e. The van der Waals surface area contributed by atoms with Gasteiger partial charge >= 0.3 is 6.09 Å². The lowest BCUT2D eigenvalue weighted by Crippen LogP contribution is -2.53. The van der Waals surface area contributed by atoms with Crippen LogP contribution in [0.3, 0.4) is 0 Å². The number of piperidine rings is 3. The molecule has 2 bridgehead atoms. The van der Waals surface area contributed by atoms with Crippen LogP contribution in [0.1, 0.15) is 49.4 Å². The van der Waals surface area contributed by atoms with Gasteiger partial charge in [0, 0.05) is 12.1 Å². The fourth-order valence-electron chi connectivity index (χ4n) is 5.83. The first-order valence-electron chi connectivity index (χ1n) is 11.8. The van der Waals surface area contributed by atoms with Gasteiger partial charge in [0.2, 0.25) is 0 Å². The molecule has 4 aliphatic rings. The molecule has 3 aliphatic heterocycles. The molecule has 3 fully saturated rings. The summed E-state index contributed by atoms with van der Waals surface area (Å²) in [6.07, 6.45) is 2.77. The number of hydrogen-bond donors (Lipinski definition) is 1. The standard InChI is InChI=1S/C27H31N3O3/c1-27(2)14-20-13-19(22-12-17(15-28)4-7-23(22)32-3)5-6-21(20)25(27)29-26(31)33-24-16-30-10-8-18(24)9-11-30/h4-7,12-13,18,24-25H,8-11,14,16H2,1-3H3,(H,29,31)/t24-,25?/m1/s1. The Morgan fingerprint density at radius 3 is 2.64 bits per heavy atom. The van der Waals surface area contributed by atoms with Crippen molar-refractivity contribution < 1.29 is 14.3 Å². The maximum absolute atomic E-state index is 12.9. The summed E-state index contributed by atoms with van der Waals surface area (Å²) in [4.78, 5) is 15.3. The molecule has 0 saturated carbocycles. The lowest BCUT2D eigenvalue weighted by atomic mass is 9.85. The van der Waals surface area contributed by atoms with Crippen LogP contribution in [0, 0.1) is 22.7 Å². The summed E-state index contributed by atoms with van der Waals surface area (Å²) in [7, 11) is 1.64. The van der Waals surface area contributed by atoms with Gasteiger partial charge in [-0.15, -0.1) is 0 Å². The van der Waals surface area contributed by atoms with Crippen LogP contribution in [-0.4, -0.2) is 43.8 Å². The van der Waals surface area contributed by atoms with Crippen LogP contribution in [0.2, 0.25) is 0 Å². The topological polar surface area (TPSA) is 74.6 Å². The SMILES string of the molecule is COc1ccc(C#N)cc1-c1ccc2c(c1)CC(C)(C)C2NC(=O)O[C@@H]1CN2CCC1CC2. The smallest absolute Gasteiger partial charge is 0.407 e. The van der Waals surface area contributed by atoms with Crippen molar-refractivity contribution in [2.75, 3.05) is 26.7 Å². The summed E-state index contributed by atoms with van der Waals surface area (Å²) in [6.45, 7) is 7.47. The highest BCUT2D eigenvalue weighted by Crippen LogP contribution is 2.47. The van der Waals surface area contributed by atoms with E-state index in [9.17, 15) is 10.1 Å². The fraction of sp³-hybridized carbons (Fsp3) is 0.481. The lowest BCUT2D eigenvalue weighted by molar-refractivity contribution is -0.0348. The number of amides is 1. The molecule has 6 nitrogen and oxygen atoms in total. The zero-order valence-electron chi connectivity index (χ0n) is 19.6. The Morgan fingerprint density at radius 1 is 1.18 bits per heavy atom. The van der Waals surface area contributed by atoms with Crippen molar-refractivity contribution in [1.82, 2.24) is 10.2 Å². The van der Waals surface area contributed by atoms with Crippen molar-refractivity contribution in [2.45, 2.75) is 45.3 Å². The van der Waals surface area contributed by atoms with Crippen LogP contribution in [0.15, 0.2) is 36.4 Å². The van der Waals surface area contributed by atoms with E-state index < -0.39 is 0 Å². The predicted molar refractivity (Wildman–Crippen MR) is 126 cm³/mol. The largest absolute Gasteiger partial charge is 0.496 e. The van der Waals surface area contributed by atoms with Crippen molar-refractivity contribution in [2.24, 2.45) is 11.3 Å². The molecule has 2 aromatic rings. The number of rotatable bonds is 4. The van der Waals surface area contributed by atoms with Crippen LogP contribution >= 0.6 is 0 Å². The summed E-state index contributed by atoms with van der Waals surface area (Å²) in [5.74, 6) is 1.23. The third kappa shape index (κ3) is 4.06. The minimum Gasteiger partial charge on any atom is -0.496 e. The van der Waals surface area contributed by atoms with E-state index >= 15 is 0 Å². The molecule has 0 aromatic heterocycles. The number of ether oxygens (including phenoxy) is 2. The normalized spacial score (nSPS) is 26.8. The number of hydrogen-bond acceptors (Lipinski definition) is 5. The van der Waals surface area contributed by atoms with Crippen molar-refractivity contribution in [3.63, 3.8) is 0 Å². The molecule has 3 heterocycles. The van der Waals surface area contributed by atoms with Gasteiger partial charge in [-0.1, -0.05) is 32.0 Å². The quantitative estimate of drug-likeness (QED) is 0.740. The van der Waals surface area contributed by atoms with Gasteiger partial charge in [-0.25, -0.2) is 4.79 Å². The molecule has 2 atom stereocenters.